The molecule has 0 aromatic carbocycles. The normalized spacial score (nSPS) is 11.5. The van der Waals surface area contributed by atoms with Crippen LogP contribution in [0.2, 0.25) is 0 Å². The number of hydrogen-bond acceptors (Lipinski definition) is 1. The first-order valence-electron chi connectivity index (χ1n) is 16.2. The van der Waals surface area contributed by atoms with E-state index >= 15 is 0 Å². The van der Waals surface area contributed by atoms with Crippen LogP contribution in [0.5, 0.6) is 0 Å². The van der Waals surface area contributed by atoms with Crippen LogP contribution in [0.3, 0.4) is 0 Å². The minimum atomic E-state index is 0.268. The minimum absolute atomic E-state index is 0.268. The first kappa shape index (κ1) is 34.2. The van der Waals surface area contributed by atoms with E-state index < -0.39 is 0 Å². The van der Waals surface area contributed by atoms with Crippen LogP contribution >= 0.6 is 0 Å². The van der Waals surface area contributed by atoms with E-state index in [9.17, 15) is 4.79 Å². The molecule has 0 aromatic rings. The van der Waals surface area contributed by atoms with Gasteiger partial charge in [-0.3, -0.25) is 4.79 Å². The van der Waals surface area contributed by atoms with Crippen LogP contribution in [0.4, 0.5) is 0 Å². The molecule has 35 heavy (non-hydrogen) atoms. The van der Waals surface area contributed by atoms with Crippen molar-refractivity contribution in [1.29, 1.82) is 0 Å². The molecule has 0 saturated carbocycles. The van der Waals surface area contributed by atoms with Gasteiger partial charge in [0.25, 0.3) is 0 Å². The standard InChI is InChI=1S/C33H65NO/c1-3-5-7-9-11-13-15-17-18-19-20-22-24-26-28-30-32-34-33(35)31-29-27-25-23-21-16-14-12-10-8-6-4-2/h17-18H,3-16,19-32H2,1-2H3,(H,34,35). The topological polar surface area (TPSA) is 29.1 Å². The van der Waals surface area contributed by atoms with E-state index in [1.807, 2.05) is 0 Å². The van der Waals surface area contributed by atoms with E-state index in [0.29, 0.717) is 0 Å². The molecule has 208 valence electrons. The van der Waals surface area contributed by atoms with Crippen molar-refractivity contribution in [1.82, 2.24) is 5.32 Å². The third-order valence-corrected chi connectivity index (χ3v) is 7.27. The van der Waals surface area contributed by atoms with Gasteiger partial charge in [-0.05, 0) is 38.5 Å². The van der Waals surface area contributed by atoms with Gasteiger partial charge in [-0.15, -0.1) is 0 Å². The molecule has 1 amide bonds. The Kier molecular flexibility index (Phi) is 30.5. The summed E-state index contributed by atoms with van der Waals surface area (Å²) >= 11 is 0. The van der Waals surface area contributed by atoms with Crippen molar-refractivity contribution in [3.05, 3.63) is 12.2 Å². The van der Waals surface area contributed by atoms with Gasteiger partial charge in [0.15, 0.2) is 0 Å². The van der Waals surface area contributed by atoms with Gasteiger partial charge in [0.05, 0.1) is 0 Å². The molecule has 0 rings (SSSR count). The highest BCUT2D eigenvalue weighted by molar-refractivity contribution is 5.75. The van der Waals surface area contributed by atoms with Gasteiger partial charge in [-0.25, -0.2) is 0 Å². The maximum Gasteiger partial charge on any atom is 0.219 e. The van der Waals surface area contributed by atoms with E-state index in [1.165, 1.54) is 154 Å². The second kappa shape index (κ2) is 31.2. The number of hydrogen-bond donors (Lipinski definition) is 1. The Morgan fingerprint density at radius 3 is 1.23 bits per heavy atom. The predicted molar refractivity (Wildman–Crippen MR) is 158 cm³/mol. The number of amides is 1. The minimum Gasteiger partial charge on any atom is -0.356 e. The molecule has 0 aromatic heterocycles. The Bertz CT molecular complexity index is 431. The van der Waals surface area contributed by atoms with Crippen LogP contribution in [0.1, 0.15) is 187 Å². The molecule has 0 spiro atoms. The zero-order valence-corrected chi connectivity index (χ0v) is 24.4. The number of allylic oxidation sites excluding steroid dienone is 2. The Morgan fingerprint density at radius 2 is 0.800 bits per heavy atom. The van der Waals surface area contributed by atoms with Crippen molar-refractivity contribution >= 4 is 5.91 Å². The average Bonchev–Trinajstić information content (AvgIpc) is 2.86. The number of carbonyl (C=O) groups excluding carboxylic acids is 1. The van der Waals surface area contributed by atoms with E-state index in [1.54, 1.807) is 0 Å². The second-order valence-corrected chi connectivity index (χ2v) is 10.9. The molecular formula is C33H65NO. The first-order valence-corrected chi connectivity index (χ1v) is 16.2. The zero-order chi connectivity index (χ0) is 25.5. The fraction of sp³-hybridized carbons (Fsp3) is 0.909. The van der Waals surface area contributed by atoms with E-state index in [4.69, 9.17) is 0 Å². The lowest BCUT2D eigenvalue weighted by Gasteiger charge is -2.06. The van der Waals surface area contributed by atoms with Crippen LogP contribution < -0.4 is 5.32 Å². The Balaban J connectivity index is 3.19. The third kappa shape index (κ3) is 31.2. The van der Waals surface area contributed by atoms with E-state index in [-0.39, 0.29) is 5.91 Å². The smallest absolute Gasteiger partial charge is 0.219 e. The monoisotopic (exact) mass is 492 g/mol. The number of rotatable bonds is 29. The molecule has 1 N–H and O–H groups in total. The fourth-order valence-electron chi connectivity index (χ4n) is 4.82. The lowest BCUT2D eigenvalue weighted by Crippen LogP contribution is -2.23. The third-order valence-electron chi connectivity index (χ3n) is 7.27. The number of carbonyl (C=O) groups is 1. The quantitative estimate of drug-likeness (QED) is 0.0817. The molecule has 0 saturated heterocycles. The molecule has 0 atom stereocenters. The van der Waals surface area contributed by atoms with Gasteiger partial charge in [0.1, 0.15) is 0 Å². The van der Waals surface area contributed by atoms with Crippen LogP contribution in [-0.4, -0.2) is 12.5 Å². The molecule has 0 bridgehead atoms. The Labute approximate surface area is 221 Å². The lowest BCUT2D eigenvalue weighted by atomic mass is 10.0. The highest BCUT2D eigenvalue weighted by Gasteiger charge is 2.01. The second-order valence-electron chi connectivity index (χ2n) is 10.9. The van der Waals surface area contributed by atoms with Crippen LogP contribution in [0.15, 0.2) is 12.2 Å². The van der Waals surface area contributed by atoms with Crippen molar-refractivity contribution in [2.45, 2.75) is 187 Å². The summed E-state index contributed by atoms with van der Waals surface area (Å²) in [6, 6.07) is 0. The van der Waals surface area contributed by atoms with Gasteiger partial charge in [-0.2, -0.15) is 0 Å². The van der Waals surface area contributed by atoms with E-state index in [2.05, 4.69) is 31.3 Å². The first-order chi connectivity index (χ1) is 17.3. The van der Waals surface area contributed by atoms with Crippen molar-refractivity contribution in [2.75, 3.05) is 6.54 Å². The molecular weight excluding hydrogens is 426 g/mol. The summed E-state index contributed by atoms with van der Waals surface area (Å²) < 4.78 is 0. The fourth-order valence-corrected chi connectivity index (χ4v) is 4.82. The van der Waals surface area contributed by atoms with E-state index in [0.717, 1.165) is 25.8 Å². The number of nitrogens with one attached hydrogen (secondary N) is 1. The summed E-state index contributed by atoms with van der Waals surface area (Å²) in [4.78, 5) is 12.0. The molecule has 0 fully saturated rings. The van der Waals surface area contributed by atoms with Crippen molar-refractivity contribution in [3.8, 4) is 0 Å². The van der Waals surface area contributed by atoms with Crippen LogP contribution in [0.25, 0.3) is 0 Å². The Morgan fingerprint density at radius 1 is 0.457 bits per heavy atom. The highest BCUT2D eigenvalue weighted by Crippen LogP contribution is 2.13. The molecule has 2 nitrogen and oxygen atoms in total. The van der Waals surface area contributed by atoms with Crippen LogP contribution in [0, 0.1) is 0 Å². The maximum absolute atomic E-state index is 12.0. The summed E-state index contributed by atoms with van der Waals surface area (Å²) in [6.45, 7) is 5.44. The molecule has 2 heteroatoms. The molecule has 0 aliphatic rings. The maximum atomic E-state index is 12.0. The summed E-state index contributed by atoms with van der Waals surface area (Å²) in [5.74, 6) is 0.268. The summed E-state index contributed by atoms with van der Waals surface area (Å²) in [5, 5.41) is 3.12. The summed E-state index contributed by atoms with van der Waals surface area (Å²) in [5.41, 5.74) is 0. The number of unbranched alkanes of at least 4 members (excludes halogenated alkanes) is 23. The molecule has 0 aliphatic carbocycles. The molecule has 0 aliphatic heterocycles. The van der Waals surface area contributed by atoms with Gasteiger partial charge in [0, 0.05) is 13.0 Å². The summed E-state index contributed by atoms with van der Waals surface area (Å²) in [6.07, 6.45) is 40.4. The largest absolute Gasteiger partial charge is 0.356 e. The summed E-state index contributed by atoms with van der Waals surface area (Å²) in [7, 11) is 0. The highest BCUT2D eigenvalue weighted by atomic mass is 16.1. The van der Waals surface area contributed by atoms with Gasteiger partial charge in [-0.1, -0.05) is 154 Å². The molecule has 0 unspecified atom stereocenters. The zero-order valence-electron chi connectivity index (χ0n) is 24.4. The van der Waals surface area contributed by atoms with Crippen LogP contribution in [-0.2, 0) is 4.79 Å². The molecule has 0 heterocycles. The Hall–Kier alpha value is -0.790. The van der Waals surface area contributed by atoms with Gasteiger partial charge in [0.2, 0.25) is 5.91 Å². The van der Waals surface area contributed by atoms with Crippen molar-refractivity contribution in [2.24, 2.45) is 0 Å². The average molecular weight is 492 g/mol. The lowest BCUT2D eigenvalue weighted by molar-refractivity contribution is -0.121. The predicted octanol–water partition coefficient (Wildman–Crippen LogP) is 11.2. The van der Waals surface area contributed by atoms with Crippen molar-refractivity contribution < 1.29 is 4.79 Å². The van der Waals surface area contributed by atoms with Crippen molar-refractivity contribution in [3.63, 3.8) is 0 Å². The van der Waals surface area contributed by atoms with Gasteiger partial charge >= 0.3 is 0 Å². The SMILES string of the molecule is CCCCCCCCC=CCCCCCCCCNC(=O)CCCCCCCCCCCCCC. The van der Waals surface area contributed by atoms with Gasteiger partial charge < -0.3 is 5.32 Å². The molecule has 0 radical (unpaired) electrons.